The fourth-order valence-corrected chi connectivity index (χ4v) is 1.28. The molecule has 0 aliphatic carbocycles. The van der Waals surface area contributed by atoms with Gasteiger partial charge in [0.1, 0.15) is 11.5 Å². The summed E-state index contributed by atoms with van der Waals surface area (Å²) in [6.07, 6.45) is 0. The van der Waals surface area contributed by atoms with Crippen LogP contribution in [-0.2, 0) is 17.9 Å². The summed E-state index contributed by atoms with van der Waals surface area (Å²) in [5.41, 5.74) is 1.15. The number of rotatable bonds is 6. The summed E-state index contributed by atoms with van der Waals surface area (Å²) in [7, 11) is 0. The third-order valence-electron chi connectivity index (χ3n) is 2.08. The second kappa shape index (κ2) is 5.83. The van der Waals surface area contributed by atoms with E-state index in [4.69, 9.17) is 9.15 Å². The van der Waals surface area contributed by atoms with Crippen molar-refractivity contribution in [1.82, 2.24) is 5.32 Å². The zero-order valence-electron chi connectivity index (χ0n) is 9.22. The molecule has 0 unspecified atom stereocenters. The van der Waals surface area contributed by atoms with Gasteiger partial charge in [0.2, 0.25) is 0 Å². The fraction of sp³-hybridized carbons (Fsp3) is 0.636. The van der Waals surface area contributed by atoms with Crippen LogP contribution in [0.5, 0.6) is 0 Å². The van der Waals surface area contributed by atoms with Crippen LogP contribution in [-0.4, -0.2) is 13.2 Å². The Hall–Kier alpha value is -0.800. The molecule has 0 saturated carbocycles. The van der Waals surface area contributed by atoms with Crippen molar-refractivity contribution in [3.8, 4) is 0 Å². The van der Waals surface area contributed by atoms with E-state index < -0.39 is 0 Å². The summed E-state index contributed by atoms with van der Waals surface area (Å²) in [5.74, 6) is 1.95. The van der Waals surface area contributed by atoms with Crippen molar-refractivity contribution in [3.05, 3.63) is 23.2 Å². The van der Waals surface area contributed by atoms with Gasteiger partial charge in [-0.3, -0.25) is 0 Å². The number of nitrogens with one attached hydrogen (secondary N) is 1. The molecule has 80 valence electrons. The minimum atomic E-state index is 0.651. The maximum absolute atomic E-state index is 5.57. The molecule has 0 radical (unpaired) electrons. The molecule has 0 bridgehead atoms. The van der Waals surface area contributed by atoms with Gasteiger partial charge in [-0.1, -0.05) is 6.92 Å². The Morgan fingerprint density at radius 2 is 2.21 bits per heavy atom. The highest BCUT2D eigenvalue weighted by molar-refractivity contribution is 5.19. The van der Waals surface area contributed by atoms with E-state index in [9.17, 15) is 0 Å². The molecular formula is C11H19NO2. The molecule has 0 aromatic carbocycles. The Morgan fingerprint density at radius 1 is 1.43 bits per heavy atom. The molecule has 0 amide bonds. The summed E-state index contributed by atoms with van der Waals surface area (Å²) < 4.78 is 10.9. The molecule has 0 aliphatic heterocycles. The van der Waals surface area contributed by atoms with Crippen molar-refractivity contribution in [1.29, 1.82) is 0 Å². The minimum Gasteiger partial charge on any atom is -0.465 e. The van der Waals surface area contributed by atoms with Crippen LogP contribution in [0.4, 0.5) is 0 Å². The van der Waals surface area contributed by atoms with Crippen molar-refractivity contribution < 1.29 is 9.15 Å². The van der Waals surface area contributed by atoms with E-state index >= 15 is 0 Å². The van der Waals surface area contributed by atoms with Crippen LogP contribution in [0.15, 0.2) is 10.5 Å². The van der Waals surface area contributed by atoms with Crippen LogP contribution in [0.1, 0.15) is 30.9 Å². The highest BCUT2D eigenvalue weighted by Gasteiger charge is 2.06. The summed E-state index contributed by atoms with van der Waals surface area (Å²) in [6.45, 7) is 9.20. The first-order valence-corrected chi connectivity index (χ1v) is 5.14. The highest BCUT2D eigenvalue weighted by atomic mass is 16.5. The normalized spacial score (nSPS) is 10.8. The van der Waals surface area contributed by atoms with Crippen LogP contribution in [0.2, 0.25) is 0 Å². The van der Waals surface area contributed by atoms with E-state index in [1.807, 2.05) is 13.8 Å². The molecule has 14 heavy (non-hydrogen) atoms. The SMILES string of the molecule is CCNCc1cc(COCC)c(C)o1. The number of hydrogen-bond donors (Lipinski definition) is 1. The van der Waals surface area contributed by atoms with Crippen molar-refractivity contribution in [2.75, 3.05) is 13.2 Å². The topological polar surface area (TPSA) is 34.4 Å². The predicted molar refractivity (Wildman–Crippen MR) is 56.2 cm³/mol. The highest BCUT2D eigenvalue weighted by Crippen LogP contribution is 2.15. The van der Waals surface area contributed by atoms with Crippen LogP contribution in [0, 0.1) is 6.92 Å². The standard InChI is InChI=1S/C11H19NO2/c1-4-12-7-11-6-10(8-13-5-2)9(3)14-11/h6,12H,4-5,7-8H2,1-3H3. The summed E-state index contributed by atoms with van der Waals surface area (Å²) in [5, 5.41) is 3.23. The summed E-state index contributed by atoms with van der Waals surface area (Å²) in [6, 6.07) is 2.06. The van der Waals surface area contributed by atoms with Gasteiger partial charge in [0, 0.05) is 12.2 Å². The minimum absolute atomic E-state index is 0.651. The first kappa shape index (κ1) is 11.3. The monoisotopic (exact) mass is 197 g/mol. The van der Waals surface area contributed by atoms with Crippen molar-refractivity contribution in [3.63, 3.8) is 0 Å². The molecule has 0 spiro atoms. The first-order valence-electron chi connectivity index (χ1n) is 5.14. The molecule has 1 rings (SSSR count). The van der Waals surface area contributed by atoms with Gasteiger partial charge in [-0.05, 0) is 26.5 Å². The lowest BCUT2D eigenvalue weighted by Gasteiger charge is -1.97. The lowest BCUT2D eigenvalue weighted by Crippen LogP contribution is -2.10. The molecule has 1 aromatic rings. The first-order chi connectivity index (χ1) is 6.77. The van der Waals surface area contributed by atoms with Crippen molar-refractivity contribution in [2.24, 2.45) is 0 Å². The lowest BCUT2D eigenvalue weighted by molar-refractivity contribution is 0.133. The molecule has 0 fully saturated rings. The molecule has 3 heteroatoms. The molecule has 3 nitrogen and oxygen atoms in total. The van der Waals surface area contributed by atoms with Gasteiger partial charge in [-0.15, -0.1) is 0 Å². The van der Waals surface area contributed by atoms with Crippen LogP contribution in [0.25, 0.3) is 0 Å². The molecule has 1 heterocycles. The number of hydrogen-bond acceptors (Lipinski definition) is 3. The summed E-state index contributed by atoms with van der Waals surface area (Å²) in [4.78, 5) is 0. The zero-order chi connectivity index (χ0) is 10.4. The van der Waals surface area contributed by atoms with E-state index in [2.05, 4.69) is 18.3 Å². The second-order valence-electron chi connectivity index (χ2n) is 3.21. The molecule has 0 aliphatic rings. The van der Waals surface area contributed by atoms with Gasteiger partial charge in [-0.2, -0.15) is 0 Å². The Bertz CT molecular complexity index is 268. The van der Waals surface area contributed by atoms with Gasteiger partial charge in [0.25, 0.3) is 0 Å². The van der Waals surface area contributed by atoms with Gasteiger partial charge in [0.15, 0.2) is 0 Å². The van der Waals surface area contributed by atoms with Gasteiger partial charge < -0.3 is 14.5 Å². The van der Waals surface area contributed by atoms with E-state index in [1.54, 1.807) is 0 Å². The van der Waals surface area contributed by atoms with Gasteiger partial charge in [0.05, 0.1) is 13.2 Å². The van der Waals surface area contributed by atoms with E-state index in [1.165, 1.54) is 0 Å². The third-order valence-corrected chi connectivity index (χ3v) is 2.08. The Kier molecular flexibility index (Phi) is 4.70. The smallest absolute Gasteiger partial charge is 0.118 e. The molecule has 0 atom stereocenters. The Balaban J connectivity index is 2.53. The molecule has 0 saturated heterocycles. The average Bonchev–Trinajstić information content (AvgIpc) is 2.53. The summed E-state index contributed by atoms with van der Waals surface area (Å²) >= 11 is 0. The van der Waals surface area contributed by atoms with Crippen molar-refractivity contribution in [2.45, 2.75) is 33.9 Å². The van der Waals surface area contributed by atoms with E-state index in [0.717, 1.165) is 36.8 Å². The quantitative estimate of drug-likeness (QED) is 0.759. The predicted octanol–water partition coefficient (Wildman–Crippen LogP) is 2.23. The maximum atomic E-state index is 5.57. The van der Waals surface area contributed by atoms with Crippen LogP contribution >= 0.6 is 0 Å². The van der Waals surface area contributed by atoms with E-state index in [0.29, 0.717) is 6.61 Å². The zero-order valence-corrected chi connectivity index (χ0v) is 9.22. The largest absolute Gasteiger partial charge is 0.465 e. The molecule has 1 N–H and O–H groups in total. The average molecular weight is 197 g/mol. The lowest BCUT2D eigenvalue weighted by atomic mass is 10.2. The van der Waals surface area contributed by atoms with E-state index in [-0.39, 0.29) is 0 Å². The Morgan fingerprint density at radius 3 is 2.86 bits per heavy atom. The maximum Gasteiger partial charge on any atom is 0.118 e. The number of aryl methyl sites for hydroxylation is 1. The fourth-order valence-electron chi connectivity index (χ4n) is 1.28. The number of ether oxygens (including phenoxy) is 1. The van der Waals surface area contributed by atoms with Crippen LogP contribution < -0.4 is 5.32 Å². The van der Waals surface area contributed by atoms with Gasteiger partial charge >= 0.3 is 0 Å². The second-order valence-corrected chi connectivity index (χ2v) is 3.21. The molecule has 1 aromatic heterocycles. The Labute approximate surface area is 85.4 Å². The third kappa shape index (κ3) is 3.16. The molecular weight excluding hydrogens is 178 g/mol. The van der Waals surface area contributed by atoms with Gasteiger partial charge in [-0.25, -0.2) is 0 Å². The van der Waals surface area contributed by atoms with Crippen LogP contribution in [0.3, 0.4) is 0 Å². The van der Waals surface area contributed by atoms with Crippen molar-refractivity contribution >= 4 is 0 Å². The number of furan rings is 1.